The van der Waals surface area contributed by atoms with Crippen molar-refractivity contribution < 1.29 is 9.53 Å². The van der Waals surface area contributed by atoms with Crippen LogP contribution in [-0.2, 0) is 4.74 Å². The Balaban J connectivity index is 1.25. The molecule has 4 nitrogen and oxygen atoms in total. The lowest BCUT2D eigenvalue weighted by atomic mass is 9.73. The molecule has 0 unspecified atom stereocenters. The Kier molecular flexibility index (Phi) is 6.56. The fourth-order valence-electron chi connectivity index (χ4n) is 5.06. The quantitative estimate of drug-likeness (QED) is 0.582. The van der Waals surface area contributed by atoms with Gasteiger partial charge < -0.3 is 4.74 Å². The van der Waals surface area contributed by atoms with E-state index in [-0.39, 0.29) is 6.09 Å². The molecule has 1 spiro atoms. The normalized spacial score (nSPS) is 24.5. The number of anilines is 1. The van der Waals surface area contributed by atoms with Crippen molar-refractivity contribution in [3.05, 3.63) is 64.6 Å². The molecular weight excluding hydrogens is 428 g/mol. The molecule has 154 valence electrons. The maximum Gasteiger partial charge on any atom is 0.411 e. The largest absolute Gasteiger partial charge is 0.448 e. The predicted octanol–water partition coefficient (Wildman–Crippen LogP) is 6.19. The molecule has 0 atom stereocenters. The summed E-state index contributed by atoms with van der Waals surface area (Å²) in [6, 6.07) is 18.4. The van der Waals surface area contributed by atoms with Gasteiger partial charge in [-0.2, -0.15) is 0 Å². The summed E-state index contributed by atoms with van der Waals surface area (Å²) in [6.07, 6.45) is 7.15. The molecule has 5 heteroatoms. The Morgan fingerprint density at radius 2 is 1.79 bits per heavy atom. The number of carbonyl (C=O) groups is 1. The van der Waals surface area contributed by atoms with Crippen LogP contribution in [-0.4, -0.2) is 36.2 Å². The molecule has 29 heavy (non-hydrogen) atoms. The van der Waals surface area contributed by atoms with Crippen molar-refractivity contribution in [1.82, 2.24) is 4.90 Å². The molecule has 1 saturated heterocycles. The van der Waals surface area contributed by atoms with Crippen LogP contribution < -0.4 is 5.32 Å². The van der Waals surface area contributed by atoms with Gasteiger partial charge in [-0.3, -0.25) is 10.2 Å². The summed E-state index contributed by atoms with van der Waals surface area (Å²) < 4.78 is 6.44. The van der Waals surface area contributed by atoms with Crippen LogP contribution in [0.1, 0.15) is 50.0 Å². The van der Waals surface area contributed by atoms with Crippen LogP contribution in [0.3, 0.4) is 0 Å². The number of hydrogen-bond acceptors (Lipinski definition) is 3. The molecule has 2 aromatic rings. The van der Waals surface area contributed by atoms with Crippen LogP contribution in [0.2, 0.25) is 0 Å². The maximum atomic E-state index is 12.1. The smallest absolute Gasteiger partial charge is 0.411 e. The average molecular weight is 457 g/mol. The standard InChI is InChI=1S/C24H29BrN2O2/c25-21-7-9-22(10-8-21)26-23(28)29-18-17-27-16-4-13-24(27)14-11-20(12-15-24)19-5-2-1-3-6-19/h1-3,5-10,20H,4,11-18H2,(H,26,28). The molecule has 1 saturated carbocycles. The van der Waals surface area contributed by atoms with Crippen molar-refractivity contribution in [2.45, 2.75) is 50.0 Å². The first-order chi connectivity index (χ1) is 14.1. The predicted molar refractivity (Wildman–Crippen MR) is 120 cm³/mol. The summed E-state index contributed by atoms with van der Waals surface area (Å²) in [5.74, 6) is 0.692. The molecule has 1 N–H and O–H groups in total. The number of rotatable bonds is 5. The van der Waals surface area contributed by atoms with Crippen molar-refractivity contribution in [3.63, 3.8) is 0 Å². The third-order valence-corrected chi connectivity index (χ3v) is 7.14. The summed E-state index contributed by atoms with van der Waals surface area (Å²) in [5.41, 5.74) is 2.55. The Morgan fingerprint density at radius 3 is 2.52 bits per heavy atom. The lowest BCUT2D eigenvalue weighted by molar-refractivity contribution is 0.0629. The molecule has 1 heterocycles. The maximum absolute atomic E-state index is 12.1. The highest BCUT2D eigenvalue weighted by atomic mass is 79.9. The average Bonchev–Trinajstić information content (AvgIpc) is 3.13. The summed E-state index contributed by atoms with van der Waals surface area (Å²) in [4.78, 5) is 14.7. The molecule has 2 fully saturated rings. The second-order valence-corrected chi connectivity index (χ2v) is 9.18. The highest BCUT2D eigenvalue weighted by Crippen LogP contribution is 2.46. The van der Waals surface area contributed by atoms with Gasteiger partial charge in [0.2, 0.25) is 0 Å². The van der Waals surface area contributed by atoms with Gasteiger partial charge >= 0.3 is 6.09 Å². The monoisotopic (exact) mass is 456 g/mol. The number of benzene rings is 2. The highest BCUT2D eigenvalue weighted by molar-refractivity contribution is 9.10. The molecular formula is C24H29BrN2O2. The summed E-state index contributed by atoms with van der Waals surface area (Å²) in [6.45, 7) is 2.38. The van der Waals surface area contributed by atoms with Crippen LogP contribution in [0, 0.1) is 0 Å². The van der Waals surface area contributed by atoms with E-state index in [1.54, 1.807) is 0 Å². The van der Waals surface area contributed by atoms with Gasteiger partial charge in [0.15, 0.2) is 0 Å². The molecule has 4 rings (SSSR count). The van der Waals surface area contributed by atoms with Crippen molar-refractivity contribution in [3.8, 4) is 0 Å². The molecule has 1 aliphatic heterocycles. The minimum atomic E-state index is -0.381. The van der Waals surface area contributed by atoms with Crippen molar-refractivity contribution >= 4 is 27.7 Å². The zero-order valence-electron chi connectivity index (χ0n) is 16.8. The number of hydrogen-bond donors (Lipinski definition) is 1. The first-order valence-electron chi connectivity index (χ1n) is 10.6. The molecule has 0 aromatic heterocycles. The number of likely N-dealkylation sites (tertiary alicyclic amines) is 1. The zero-order chi connectivity index (χ0) is 20.1. The second-order valence-electron chi connectivity index (χ2n) is 8.27. The van der Waals surface area contributed by atoms with Crippen LogP contribution in [0.25, 0.3) is 0 Å². The highest BCUT2D eigenvalue weighted by Gasteiger charge is 2.43. The fraction of sp³-hybridized carbons (Fsp3) is 0.458. The third-order valence-electron chi connectivity index (χ3n) is 6.61. The molecule has 1 aliphatic carbocycles. The lowest BCUT2D eigenvalue weighted by Gasteiger charge is -2.44. The molecule has 2 aliphatic rings. The van der Waals surface area contributed by atoms with E-state index in [4.69, 9.17) is 4.74 Å². The van der Waals surface area contributed by atoms with Gasteiger partial charge in [-0.25, -0.2) is 4.79 Å². The Labute approximate surface area is 181 Å². The van der Waals surface area contributed by atoms with Gasteiger partial charge in [-0.1, -0.05) is 46.3 Å². The fourth-order valence-corrected chi connectivity index (χ4v) is 5.32. The van der Waals surface area contributed by atoms with E-state index >= 15 is 0 Å². The van der Waals surface area contributed by atoms with E-state index in [0.717, 1.165) is 23.2 Å². The van der Waals surface area contributed by atoms with Crippen LogP contribution in [0.5, 0.6) is 0 Å². The minimum Gasteiger partial charge on any atom is -0.448 e. The number of halogens is 1. The Bertz CT molecular complexity index is 801. The summed E-state index contributed by atoms with van der Waals surface area (Å²) in [7, 11) is 0. The number of nitrogens with zero attached hydrogens (tertiary/aromatic N) is 1. The second kappa shape index (κ2) is 9.31. The Hall–Kier alpha value is -1.85. The third kappa shape index (κ3) is 5.01. The topological polar surface area (TPSA) is 41.6 Å². The summed E-state index contributed by atoms with van der Waals surface area (Å²) >= 11 is 3.39. The molecule has 0 bridgehead atoms. The van der Waals surface area contributed by atoms with Gasteiger partial charge in [-0.05, 0) is 80.8 Å². The molecule has 1 amide bonds. The van der Waals surface area contributed by atoms with Crippen molar-refractivity contribution in [1.29, 1.82) is 0 Å². The van der Waals surface area contributed by atoms with Crippen LogP contribution >= 0.6 is 15.9 Å². The van der Waals surface area contributed by atoms with E-state index in [1.807, 2.05) is 24.3 Å². The van der Waals surface area contributed by atoms with Crippen LogP contribution in [0.4, 0.5) is 10.5 Å². The zero-order valence-corrected chi connectivity index (χ0v) is 18.4. The van der Waals surface area contributed by atoms with Gasteiger partial charge in [-0.15, -0.1) is 0 Å². The number of carbonyl (C=O) groups excluding carboxylic acids is 1. The molecule has 0 radical (unpaired) electrons. The minimum absolute atomic E-state index is 0.316. The van der Waals surface area contributed by atoms with E-state index in [9.17, 15) is 4.79 Å². The summed E-state index contributed by atoms with van der Waals surface area (Å²) in [5, 5.41) is 2.79. The van der Waals surface area contributed by atoms with Gasteiger partial charge in [0, 0.05) is 22.2 Å². The van der Waals surface area contributed by atoms with Crippen molar-refractivity contribution in [2.24, 2.45) is 0 Å². The van der Waals surface area contributed by atoms with Gasteiger partial charge in [0.25, 0.3) is 0 Å². The van der Waals surface area contributed by atoms with Crippen LogP contribution in [0.15, 0.2) is 59.1 Å². The van der Waals surface area contributed by atoms with Crippen molar-refractivity contribution in [2.75, 3.05) is 25.0 Å². The first kappa shape index (κ1) is 20.4. The van der Waals surface area contributed by atoms with E-state index < -0.39 is 0 Å². The molecule has 2 aromatic carbocycles. The van der Waals surface area contributed by atoms with E-state index in [1.165, 1.54) is 44.1 Å². The Morgan fingerprint density at radius 1 is 1.07 bits per heavy atom. The van der Waals surface area contributed by atoms with Gasteiger partial charge in [0.1, 0.15) is 6.61 Å². The van der Waals surface area contributed by atoms with E-state index in [0.29, 0.717) is 18.1 Å². The van der Waals surface area contributed by atoms with Gasteiger partial charge in [0.05, 0.1) is 0 Å². The SMILES string of the molecule is O=C(Nc1ccc(Br)cc1)OCCN1CCCC12CCC(c1ccccc1)CC2. The lowest BCUT2D eigenvalue weighted by Crippen LogP contribution is -2.47. The first-order valence-corrected chi connectivity index (χ1v) is 11.4. The number of ether oxygens (including phenoxy) is 1. The number of nitrogens with one attached hydrogen (secondary N) is 1. The van der Waals surface area contributed by atoms with E-state index in [2.05, 4.69) is 56.5 Å². The number of amides is 1.